The van der Waals surface area contributed by atoms with Gasteiger partial charge in [0.1, 0.15) is 14.7 Å². The number of aromatic nitrogens is 1. The molecule has 1 heterocycles. The number of anilines is 2. The monoisotopic (exact) mass is 925 g/mol. The Morgan fingerprint density at radius 2 is 1.23 bits per heavy atom. The van der Waals surface area contributed by atoms with Crippen LogP contribution in [0.4, 0.5) is 11.4 Å². The summed E-state index contributed by atoms with van der Waals surface area (Å²) in [4.78, 5) is 40.4. The van der Waals surface area contributed by atoms with Crippen LogP contribution in [0.25, 0.3) is 22.0 Å². The van der Waals surface area contributed by atoms with E-state index < -0.39 is 142 Å². The fourth-order valence-corrected chi connectivity index (χ4v) is 11.4. The first kappa shape index (κ1) is 44.3. The van der Waals surface area contributed by atoms with Gasteiger partial charge < -0.3 is 15.2 Å². The average Bonchev–Trinajstić information content (AvgIpc) is 3.15. The summed E-state index contributed by atoms with van der Waals surface area (Å²) in [6.07, 6.45) is 0. The molecule has 5 aromatic rings. The van der Waals surface area contributed by atoms with E-state index in [2.05, 4.69) is 10.3 Å². The normalized spacial score (nSPS) is 13.4. The van der Waals surface area contributed by atoms with Gasteiger partial charge in [-0.15, -0.1) is 0 Å². The number of sulfone groups is 1. The van der Waals surface area contributed by atoms with Gasteiger partial charge in [-0.25, -0.2) is 8.42 Å². The van der Waals surface area contributed by atoms with E-state index in [4.69, 9.17) is 0 Å². The van der Waals surface area contributed by atoms with E-state index in [0.29, 0.717) is 25.2 Å². The zero-order valence-corrected chi connectivity index (χ0v) is 34.8. The summed E-state index contributed by atoms with van der Waals surface area (Å²) in [6.45, 7) is 3.97. The van der Waals surface area contributed by atoms with E-state index >= 15 is 0 Å². The third-order valence-corrected chi connectivity index (χ3v) is 15.0. The number of nitrogens with zero attached hydrogens (tertiary/aromatic N) is 1. The standard InChI is InChI=1S/C35H31N3O17S5/c1-3-38(4-2)12-13-56(42,43)25-15-22(24(58(47,48)49)17-26(25)59(50,51)52)36-23-16-27(60(53,54)55)32-30-28(20-10-5-6-11-21(20)34(40)29(23)30)31(35(41)37-32)33(39)18-8-7-9-19(14-18)57(44,45)46/h5-11,14-17,36H,3-4,12-13H2,1-2H3,(H,37,41)(H,44,45,46)(H,47,48,49)(H,50,51,52)(H,53,54,55). The first-order valence-electron chi connectivity index (χ1n) is 17.1. The van der Waals surface area contributed by atoms with Crippen molar-refractivity contribution in [3.05, 3.63) is 99.3 Å². The van der Waals surface area contributed by atoms with Crippen LogP contribution in [-0.4, -0.2) is 107 Å². The number of nitrogens with one attached hydrogen (secondary N) is 2. The lowest BCUT2D eigenvalue weighted by Crippen LogP contribution is -2.29. The van der Waals surface area contributed by atoms with Gasteiger partial charge in [-0.1, -0.05) is 50.2 Å². The van der Waals surface area contributed by atoms with Gasteiger partial charge in [0, 0.05) is 28.6 Å². The van der Waals surface area contributed by atoms with Gasteiger partial charge in [-0.2, -0.15) is 33.7 Å². The lowest BCUT2D eigenvalue weighted by atomic mass is 9.80. The maximum absolute atomic E-state index is 14.5. The van der Waals surface area contributed by atoms with E-state index in [1.807, 2.05) is 0 Å². The molecule has 0 amide bonds. The number of rotatable bonds is 14. The van der Waals surface area contributed by atoms with Crippen molar-refractivity contribution in [3.63, 3.8) is 0 Å². The smallest absolute Gasteiger partial charge is 0.296 e. The summed E-state index contributed by atoms with van der Waals surface area (Å²) < 4.78 is 168. The van der Waals surface area contributed by atoms with Crippen LogP contribution in [0.5, 0.6) is 0 Å². The van der Waals surface area contributed by atoms with Crippen LogP contribution in [0, 0.1) is 0 Å². The highest BCUT2D eigenvalue weighted by Gasteiger charge is 2.37. The number of benzene rings is 4. The third kappa shape index (κ3) is 8.15. The Kier molecular flexibility index (Phi) is 11.3. The van der Waals surface area contributed by atoms with Crippen molar-refractivity contribution < 1.29 is 69.9 Å². The highest BCUT2D eigenvalue weighted by molar-refractivity contribution is 7.93. The highest BCUT2D eigenvalue weighted by atomic mass is 32.2. The van der Waals surface area contributed by atoms with E-state index in [9.17, 15) is 74.7 Å². The van der Waals surface area contributed by atoms with Crippen LogP contribution >= 0.6 is 0 Å². The van der Waals surface area contributed by atoms with Crippen molar-refractivity contribution in [2.24, 2.45) is 0 Å². The zero-order chi connectivity index (χ0) is 44.5. The number of aromatic amines is 1. The average molecular weight is 926 g/mol. The molecular formula is C35H31N3O17S5. The highest BCUT2D eigenvalue weighted by Crippen LogP contribution is 2.46. The van der Waals surface area contributed by atoms with Crippen molar-refractivity contribution in [2.75, 3.05) is 30.7 Å². The van der Waals surface area contributed by atoms with Crippen LogP contribution in [0.15, 0.2) is 96.0 Å². The van der Waals surface area contributed by atoms with E-state index in [0.717, 1.165) is 24.3 Å². The van der Waals surface area contributed by atoms with Gasteiger partial charge in [0.15, 0.2) is 21.4 Å². The number of hydrogen-bond donors (Lipinski definition) is 6. The molecule has 0 unspecified atom stereocenters. The SMILES string of the molecule is CCN(CC)CCS(=O)(=O)c1cc(Nc2cc(S(=O)(=O)O)c3[nH]c(=O)c(C(=O)c4cccc(S(=O)(=O)O)c4)c4c3c2C(=O)c2ccccc2-4)c(S(=O)(=O)O)cc1S(=O)(=O)O. The fraction of sp³-hybridized carbons (Fsp3) is 0.171. The van der Waals surface area contributed by atoms with Crippen LogP contribution in [-0.2, 0) is 50.3 Å². The van der Waals surface area contributed by atoms with E-state index in [1.165, 1.54) is 24.3 Å². The minimum atomic E-state index is -5.60. The summed E-state index contributed by atoms with van der Waals surface area (Å²) >= 11 is 0. The summed E-state index contributed by atoms with van der Waals surface area (Å²) in [5.74, 6) is -3.00. The predicted octanol–water partition coefficient (Wildman–Crippen LogP) is 2.82. The molecule has 0 saturated carbocycles. The molecule has 6 N–H and O–H groups in total. The number of H-pyrrole nitrogens is 1. The topological polar surface area (TPSA) is 334 Å². The zero-order valence-electron chi connectivity index (χ0n) is 30.8. The molecule has 0 spiro atoms. The largest absolute Gasteiger partial charge is 0.354 e. The Morgan fingerprint density at radius 3 is 1.80 bits per heavy atom. The van der Waals surface area contributed by atoms with E-state index in [-0.39, 0.29) is 23.7 Å². The van der Waals surface area contributed by atoms with Crippen molar-refractivity contribution in [1.82, 2.24) is 9.88 Å². The number of ketones is 2. The molecule has 1 aliphatic rings. The lowest BCUT2D eigenvalue weighted by molar-refractivity contribution is 0.102. The molecule has 60 heavy (non-hydrogen) atoms. The number of pyridine rings is 1. The summed E-state index contributed by atoms with van der Waals surface area (Å²) in [6, 6.07) is 10.1. The predicted molar refractivity (Wildman–Crippen MR) is 212 cm³/mol. The Balaban J connectivity index is 1.74. The summed E-state index contributed by atoms with van der Waals surface area (Å²) in [5, 5.41) is 1.80. The second-order valence-corrected chi connectivity index (χ2v) is 20.8. The molecule has 1 aromatic heterocycles. The van der Waals surface area contributed by atoms with Crippen molar-refractivity contribution in [2.45, 2.75) is 38.3 Å². The molecular weight excluding hydrogens is 895 g/mol. The van der Waals surface area contributed by atoms with Gasteiger partial charge in [0.2, 0.25) is 0 Å². The molecule has 0 fully saturated rings. The number of carbonyl (C=O) groups excluding carboxylic acids is 2. The second-order valence-electron chi connectivity index (χ2n) is 13.1. The van der Waals surface area contributed by atoms with Crippen molar-refractivity contribution in [3.8, 4) is 11.1 Å². The third-order valence-electron chi connectivity index (χ3n) is 9.60. The second kappa shape index (κ2) is 15.4. The minimum absolute atomic E-state index is 0.116. The quantitative estimate of drug-likeness (QED) is 0.0675. The van der Waals surface area contributed by atoms with E-state index in [1.54, 1.807) is 18.7 Å². The maximum Gasteiger partial charge on any atom is 0.296 e. The Bertz CT molecular complexity index is 3340. The summed E-state index contributed by atoms with van der Waals surface area (Å²) in [7, 11) is -26.3. The first-order chi connectivity index (χ1) is 27.7. The number of fused-ring (bicyclic) bond motifs is 2. The Hall–Kier alpha value is -5.22. The van der Waals surface area contributed by atoms with Crippen LogP contribution in [0.2, 0.25) is 0 Å². The molecule has 1 aliphatic carbocycles. The van der Waals surface area contributed by atoms with Crippen molar-refractivity contribution in [1.29, 1.82) is 0 Å². The molecule has 20 nitrogen and oxygen atoms in total. The Morgan fingerprint density at radius 1 is 0.650 bits per heavy atom. The van der Waals surface area contributed by atoms with Gasteiger partial charge in [0.25, 0.3) is 46.0 Å². The molecule has 25 heteroatoms. The van der Waals surface area contributed by atoms with Gasteiger partial charge >= 0.3 is 0 Å². The van der Waals surface area contributed by atoms with Crippen LogP contribution in [0.3, 0.4) is 0 Å². The van der Waals surface area contributed by atoms with Gasteiger partial charge in [0.05, 0.1) is 43.6 Å². The molecule has 4 aromatic carbocycles. The number of carbonyl (C=O) groups is 2. The molecule has 0 saturated heterocycles. The molecule has 0 radical (unpaired) electrons. The molecule has 6 rings (SSSR count). The number of hydrogen-bond acceptors (Lipinski definition) is 15. The molecule has 0 atom stereocenters. The Labute approximate surface area is 341 Å². The maximum atomic E-state index is 14.5. The first-order valence-corrected chi connectivity index (χ1v) is 24.5. The van der Waals surface area contributed by atoms with Gasteiger partial charge in [-0.3, -0.25) is 32.6 Å². The molecule has 0 bridgehead atoms. The molecule has 318 valence electrons. The minimum Gasteiger partial charge on any atom is -0.354 e. The van der Waals surface area contributed by atoms with Gasteiger partial charge in [-0.05, 0) is 49.0 Å². The summed E-state index contributed by atoms with van der Waals surface area (Å²) in [5.41, 5.74) is -6.65. The van der Waals surface area contributed by atoms with Crippen LogP contribution in [0.1, 0.15) is 45.7 Å². The van der Waals surface area contributed by atoms with Crippen LogP contribution < -0.4 is 10.9 Å². The van der Waals surface area contributed by atoms with Crippen molar-refractivity contribution >= 4 is 84.2 Å². The fourth-order valence-electron chi connectivity index (χ4n) is 6.79. The molecule has 0 aliphatic heterocycles. The lowest BCUT2D eigenvalue weighted by Gasteiger charge is -2.25.